The van der Waals surface area contributed by atoms with Crippen LogP contribution in [0.5, 0.6) is 11.5 Å². The predicted octanol–water partition coefficient (Wildman–Crippen LogP) is 3.59. The third-order valence-electron chi connectivity index (χ3n) is 5.30. The van der Waals surface area contributed by atoms with Gasteiger partial charge in [0.1, 0.15) is 0 Å². The molecule has 0 saturated carbocycles. The second kappa shape index (κ2) is 13.0. The van der Waals surface area contributed by atoms with Gasteiger partial charge in [-0.2, -0.15) is 13.2 Å². The number of rotatable bonds is 7. The number of piperazine rings is 1. The molecule has 1 aliphatic rings. The molecule has 192 valence electrons. The molecule has 0 aromatic heterocycles. The Labute approximate surface area is 201 Å². The highest BCUT2D eigenvalue weighted by atomic mass is 19.4. The molecule has 0 unspecified atom stereocenters. The highest BCUT2D eigenvalue weighted by Crippen LogP contribution is 2.32. The van der Waals surface area contributed by atoms with E-state index in [0.29, 0.717) is 24.5 Å². The Bertz CT molecular complexity index is 979. The molecule has 2 N–H and O–H groups in total. The summed E-state index contributed by atoms with van der Waals surface area (Å²) in [7, 11) is 1.62. The summed E-state index contributed by atoms with van der Waals surface area (Å²) in [5.41, 5.74) is 0.930. The molecule has 0 spiro atoms. The number of nitrogens with zero attached hydrogens (tertiary/aromatic N) is 2. The van der Waals surface area contributed by atoms with Crippen molar-refractivity contribution in [3.63, 3.8) is 0 Å². The molecule has 0 radical (unpaired) electrons. The number of methoxy groups -OCH3 is 1. The molecule has 35 heavy (non-hydrogen) atoms. The molecule has 2 aromatic carbocycles. The van der Waals surface area contributed by atoms with Crippen molar-refractivity contribution in [2.24, 2.45) is 0 Å². The molecule has 0 atom stereocenters. The quantitative estimate of drug-likeness (QED) is 0.559. The van der Waals surface area contributed by atoms with E-state index in [1.54, 1.807) is 19.2 Å². The fourth-order valence-electron chi connectivity index (χ4n) is 3.63. The number of aliphatic carboxylic acids is 2. The van der Waals surface area contributed by atoms with Crippen LogP contribution in [0, 0.1) is 0 Å². The largest absolute Gasteiger partial charge is 0.493 e. The van der Waals surface area contributed by atoms with Crippen LogP contribution in [0.1, 0.15) is 23.6 Å². The SMILES string of the molecule is CCOc1cc(CN2CCN(Cc3ccccc3C(F)(F)F)CC2)ccc1OC.O=C(O)C(=O)O. The van der Waals surface area contributed by atoms with Crippen molar-refractivity contribution < 1.29 is 42.4 Å². The molecular weight excluding hydrogens is 469 g/mol. The number of hydrogen-bond donors (Lipinski definition) is 2. The van der Waals surface area contributed by atoms with E-state index in [1.807, 2.05) is 25.1 Å². The Morgan fingerprint density at radius 2 is 1.49 bits per heavy atom. The minimum atomic E-state index is -4.31. The van der Waals surface area contributed by atoms with Crippen LogP contribution in [0.25, 0.3) is 0 Å². The predicted molar refractivity (Wildman–Crippen MR) is 121 cm³/mol. The fourth-order valence-corrected chi connectivity index (χ4v) is 3.63. The van der Waals surface area contributed by atoms with E-state index in [1.165, 1.54) is 6.07 Å². The van der Waals surface area contributed by atoms with Gasteiger partial charge in [-0.3, -0.25) is 9.80 Å². The van der Waals surface area contributed by atoms with Crippen LogP contribution in [0.3, 0.4) is 0 Å². The molecule has 2 aromatic rings. The van der Waals surface area contributed by atoms with Crippen LogP contribution in [-0.2, 0) is 28.9 Å². The summed E-state index contributed by atoms with van der Waals surface area (Å²) >= 11 is 0. The molecule has 0 aliphatic carbocycles. The lowest BCUT2D eigenvalue weighted by Crippen LogP contribution is -2.45. The monoisotopic (exact) mass is 498 g/mol. The second-order valence-corrected chi connectivity index (χ2v) is 7.74. The Hall–Kier alpha value is -3.31. The maximum atomic E-state index is 13.2. The maximum Gasteiger partial charge on any atom is 0.416 e. The second-order valence-electron chi connectivity index (χ2n) is 7.74. The van der Waals surface area contributed by atoms with E-state index < -0.39 is 23.7 Å². The third kappa shape index (κ3) is 8.76. The normalized spacial score (nSPS) is 14.5. The first-order chi connectivity index (χ1) is 16.5. The summed E-state index contributed by atoms with van der Waals surface area (Å²) in [5.74, 6) is -2.20. The van der Waals surface area contributed by atoms with E-state index in [4.69, 9.17) is 29.3 Å². The van der Waals surface area contributed by atoms with Gasteiger partial charge in [0.15, 0.2) is 11.5 Å². The first-order valence-corrected chi connectivity index (χ1v) is 10.9. The van der Waals surface area contributed by atoms with Crippen molar-refractivity contribution >= 4 is 11.9 Å². The Kier molecular flexibility index (Phi) is 10.3. The molecule has 11 heteroatoms. The zero-order valence-electron chi connectivity index (χ0n) is 19.5. The summed E-state index contributed by atoms with van der Waals surface area (Å²) < 4.78 is 50.6. The number of benzene rings is 2. The van der Waals surface area contributed by atoms with Gasteiger partial charge in [-0.25, -0.2) is 9.59 Å². The van der Waals surface area contributed by atoms with Crippen LogP contribution in [0.15, 0.2) is 42.5 Å². The van der Waals surface area contributed by atoms with Gasteiger partial charge in [-0.15, -0.1) is 0 Å². The first kappa shape index (κ1) is 27.9. The smallest absolute Gasteiger partial charge is 0.416 e. The Morgan fingerprint density at radius 1 is 0.914 bits per heavy atom. The van der Waals surface area contributed by atoms with Gasteiger partial charge in [0.2, 0.25) is 0 Å². The summed E-state index contributed by atoms with van der Waals surface area (Å²) in [6, 6.07) is 11.8. The standard InChI is InChI=1S/C22H27F3N2O2.C2H2O4/c1-3-29-21-14-17(8-9-20(21)28-2)15-26-10-12-27(13-11-26)16-18-6-4-5-7-19(18)22(23,24)25;3-1(4)2(5)6/h4-9,14H,3,10-13,15-16H2,1-2H3;(H,3,4)(H,5,6). The third-order valence-corrected chi connectivity index (χ3v) is 5.30. The van der Waals surface area contributed by atoms with E-state index in [2.05, 4.69) is 9.80 Å². The summed E-state index contributed by atoms with van der Waals surface area (Å²) in [5, 5.41) is 14.8. The van der Waals surface area contributed by atoms with Gasteiger partial charge in [0.05, 0.1) is 19.3 Å². The minimum Gasteiger partial charge on any atom is -0.493 e. The maximum absolute atomic E-state index is 13.2. The van der Waals surface area contributed by atoms with Crippen molar-refractivity contribution in [3.05, 3.63) is 59.2 Å². The molecule has 1 saturated heterocycles. The van der Waals surface area contributed by atoms with Crippen LogP contribution in [0.2, 0.25) is 0 Å². The average Bonchev–Trinajstić information content (AvgIpc) is 2.81. The number of halogens is 3. The summed E-state index contributed by atoms with van der Waals surface area (Å²) in [4.78, 5) is 22.6. The minimum absolute atomic E-state index is 0.320. The van der Waals surface area contributed by atoms with Gasteiger partial charge in [0, 0.05) is 39.3 Å². The molecule has 1 fully saturated rings. The van der Waals surface area contributed by atoms with Crippen LogP contribution >= 0.6 is 0 Å². The number of hydrogen-bond acceptors (Lipinski definition) is 6. The molecule has 1 heterocycles. The average molecular weight is 498 g/mol. The number of carboxylic acids is 2. The topological polar surface area (TPSA) is 99.5 Å². The van der Waals surface area contributed by atoms with Crippen molar-refractivity contribution in [2.45, 2.75) is 26.2 Å². The highest BCUT2D eigenvalue weighted by Gasteiger charge is 2.33. The van der Waals surface area contributed by atoms with Gasteiger partial charge in [-0.1, -0.05) is 24.3 Å². The van der Waals surface area contributed by atoms with E-state index in [-0.39, 0.29) is 0 Å². The van der Waals surface area contributed by atoms with Crippen LogP contribution in [-0.4, -0.2) is 71.8 Å². The number of carboxylic acid groups (broad SMARTS) is 2. The fraction of sp³-hybridized carbons (Fsp3) is 0.417. The van der Waals surface area contributed by atoms with E-state index in [9.17, 15) is 13.2 Å². The van der Waals surface area contributed by atoms with Gasteiger partial charge < -0.3 is 19.7 Å². The van der Waals surface area contributed by atoms with E-state index in [0.717, 1.165) is 50.1 Å². The van der Waals surface area contributed by atoms with Crippen molar-refractivity contribution in [3.8, 4) is 11.5 Å². The molecule has 1 aliphatic heterocycles. The summed E-state index contributed by atoms with van der Waals surface area (Å²) in [6.45, 7) is 6.69. The molecule has 0 amide bonds. The van der Waals surface area contributed by atoms with Gasteiger partial charge >= 0.3 is 18.1 Å². The number of carbonyl (C=O) groups is 2. The Morgan fingerprint density at radius 3 is 2.00 bits per heavy atom. The van der Waals surface area contributed by atoms with Gasteiger partial charge in [-0.05, 0) is 36.2 Å². The summed E-state index contributed by atoms with van der Waals surface area (Å²) in [6.07, 6.45) is -4.31. The molecular formula is C24H29F3N2O6. The van der Waals surface area contributed by atoms with Crippen molar-refractivity contribution in [1.29, 1.82) is 0 Å². The number of ether oxygens (including phenoxy) is 2. The lowest BCUT2D eigenvalue weighted by Gasteiger charge is -2.35. The van der Waals surface area contributed by atoms with Crippen LogP contribution in [0.4, 0.5) is 13.2 Å². The molecule has 0 bridgehead atoms. The van der Waals surface area contributed by atoms with Crippen molar-refractivity contribution in [1.82, 2.24) is 9.80 Å². The molecule has 3 rings (SSSR count). The van der Waals surface area contributed by atoms with Crippen molar-refractivity contribution in [2.75, 3.05) is 39.9 Å². The zero-order valence-corrected chi connectivity index (χ0v) is 19.5. The first-order valence-electron chi connectivity index (χ1n) is 10.9. The molecule has 8 nitrogen and oxygen atoms in total. The van der Waals surface area contributed by atoms with Crippen LogP contribution < -0.4 is 9.47 Å². The zero-order chi connectivity index (χ0) is 26.0. The van der Waals surface area contributed by atoms with Gasteiger partial charge in [0.25, 0.3) is 0 Å². The Balaban J connectivity index is 0.000000641. The lowest BCUT2D eigenvalue weighted by molar-refractivity contribution is -0.159. The highest BCUT2D eigenvalue weighted by molar-refractivity contribution is 6.27. The lowest BCUT2D eigenvalue weighted by atomic mass is 10.1. The number of alkyl halides is 3. The van der Waals surface area contributed by atoms with E-state index >= 15 is 0 Å².